The summed E-state index contributed by atoms with van der Waals surface area (Å²) in [5.74, 6) is 0. The molecule has 0 saturated carbocycles. The van der Waals surface area contributed by atoms with Crippen molar-refractivity contribution in [1.82, 2.24) is 5.16 Å². The van der Waals surface area contributed by atoms with Gasteiger partial charge in [0.25, 0.3) is 0 Å². The minimum absolute atomic E-state index is 0.102. The molecular formula is C8H6BrNO2. The number of benzene rings is 1. The molecule has 0 fully saturated rings. The molecule has 2 aromatic rings. The average Bonchev–Trinajstić information content (AvgIpc) is 2.49. The van der Waals surface area contributed by atoms with Gasteiger partial charge in [0, 0.05) is 4.47 Å². The molecule has 1 N–H and O–H groups in total. The molecule has 0 radical (unpaired) electrons. The lowest BCUT2D eigenvalue weighted by atomic mass is 10.2. The molecule has 0 aliphatic heterocycles. The van der Waals surface area contributed by atoms with Crippen molar-refractivity contribution < 1.29 is 9.63 Å². The number of hydrogen-bond donors (Lipinski definition) is 1. The zero-order chi connectivity index (χ0) is 8.55. The molecule has 2 rings (SSSR count). The highest BCUT2D eigenvalue weighted by molar-refractivity contribution is 9.10. The highest BCUT2D eigenvalue weighted by Gasteiger charge is 2.08. The van der Waals surface area contributed by atoms with Gasteiger partial charge in [0.1, 0.15) is 5.69 Å². The summed E-state index contributed by atoms with van der Waals surface area (Å²) in [4.78, 5) is 0. The second kappa shape index (κ2) is 2.88. The Morgan fingerprint density at radius 1 is 1.50 bits per heavy atom. The van der Waals surface area contributed by atoms with Crippen LogP contribution in [0, 0.1) is 0 Å². The van der Waals surface area contributed by atoms with E-state index in [1.165, 1.54) is 0 Å². The van der Waals surface area contributed by atoms with E-state index in [2.05, 4.69) is 21.1 Å². The first-order valence-corrected chi connectivity index (χ1v) is 4.26. The topological polar surface area (TPSA) is 46.3 Å². The van der Waals surface area contributed by atoms with Crippen molar-refractivity contribution in [2.45, 2.75) is 6.61 Å². The van der Waals surface area contributed by atoms with Crippen LogP contribution in [0.25, 0.3) is 11.0 Å². The third kappa shape index (κ3) is 1.04. The van der Waals surface area contributed by atoms with Crippen LogP contribution in [0.4, 0.5) is 0 Å². The van der Waals surface area contributed by atoms with Gasteiger partial charge in [-0.1, -0.05) is 11.2 Å². The third-order valence-corrected chi connectivity index (χ3v) is 2.33. The summed E-state index contributed by atoms with van der Waals surface area (Å²) in [5, 5.41) is 13.5. The molecule has 0 unspecified atom stereocenters. The molecule has 0 aliphatic rings. The first-order valence-electron chi connectivity index (χ1n) is 3.46. The Bertz CT molecular complexity index is 410. The lowest BCUT2D eigenvalue weighted by Gasteiger charge is -1.91. The van der Waals surface area contributed by atoms with Crippen LogP contribution >= 0.6 is 15.9 Å². The van der Waals surface area contributed by atoms with Crippen molar-refractivity contribution in [2.24, 2.45) is 0 Å². The zero-order valence-electron chi connectivity index (χ0n) is 6.12. The number of halogens is 1. The minimum atomic E-state index is -0.102. The third-order valence-electron chi connectivity index (χ3n) is 1.67. The van der Waals surface area contributed by atoms with Crippen molar-refractivity contribution >= 4 is 26.9 Å². The van der Waals surface area contributed by atoms with Gasteiger partial charge >= 0.3 is 0 Å². The van der Waals surface area contributed by atoms with Crippen molar-refractivity contribution in [3.8, 4) is 0 Å². The maximum Gasteiger partial charge on any atom is 0.168 e. The Morgan fingerprint density at radius 2 is 2.33 bits per heavy atom. The maximum atomic E-state index is 8.91. The van der Waals surface area contributed by atoms with Crippen LogP contribution in [-0.4, -0.2) is 10.3 Å². The second-order valence-electron chi connectivity index (χ2n) is 2.40. The fourth-order valence-electron chi connectivity index (χ4n) is 1.12. The van der Waals surface area contributed by atoms with Crippen LogP contribution < -0.4 is 0 Å². The van der Waals surface area contributed by atoms with Crippen LogP contribution in [0.15, 0.2) is 27.2 Å². The van der Waals surface area contributed by atoms with E-state index in [-0.39, 0.29) is 6.61 Å². The number of hydrogen-bond acceptors (Lipinski definition) is 3. The normalized spacial score (nSPS) is 10.8. The predicted octanol–water partition coefficient (Wildman–Crippen LogP) is 2.08. The first kappa shape index (κ1) is 7.76. The maximum absolute atomic E-state index is 8.91. The van der Waals surface area contributed by atoms with Crippen molar-refractivity contribution in [3.63, 3.8) is 0 Å². The van der Waals surface area contributed by atoms with Crippen LogP contribution in [-0.2, 0) is 6.61 Å². The van der Waals surface area contributed by atoms with Crippen molar-refractivity contribution in [1.29, 1.82) is 0 Å². The fourth-order valence-corrected chi connectivity index (χ4v) is 1.70. The summed E-state index contributed by atoms with van der Waals surface area (Å²) in [5.41, 5.74) is 1.26. The summed E-state index contributed by atoms with van der Waals surface area (Å²) in [6, 6.07) is 5.56. The molecule has 62 valence electrons. The largest absolute Gasteiger partial charge is 0.390 e. The van der Waals surface area contributed by atoms with Crippen LogP contribution in [0.2, 0.25) is 0 Å². The highest BCUT2D eigenvalue weighted by Crippen LogP contribution is 2.26. The van der Waals surface area contributed by atoms with Gasteiger partial charge in [0.2, 0.25) is 0 Å². The molecule has 0 aliphatic carbocycles. The van der Waals surface area contributed by atoms with Crippen molar-refractivity contribution in [3.05, 3.63) is 28.4 Å². The Kier molecular flexibility index (Phi) is 1.86. The predicted molar refractivity (Wildman–Crippen MR) is 47.6 cm³/mol. The standard InChI is InChI=1S/C8H6BrNO2/c9-5-2-1-3-7-8(5)6(4-11)10-12-7/h1-3,11H,4H2. The Morgan fingerprint density at radius 3 is 3.08 bits per heavy atom. The SMILES string of the molecule is OCc1noc2cccc(Br)c12. The minimum Gasteiger partial charge on any atom is -0.390 e. The summed E-state index contributed by atoms with van der Waals surface area (Å²) in [7, 11) is 0. The number of aromatic nitrogens is 1. The number of aliphatic hydroxyl groups is 1. The molecule has 0 bridgehead atoms. The Labute approximate surface area is 77.1 Å². The van der Waals surface area contributed by atoms with E-state index in [0.717, 1.165) is 9.86 Å². The van der Waals surface area contributed by atoms with E-state index in [4.69, 9.17) is 9.63 Å². The summed E-state index contributed by atoms with van der Waals surface area (Å²) in [6.45, 7) is -0.102. The molecule has 1 heterocycles. The number of nitrogens with zero attached hydrogens (tertiary/aromatic N) is 1. The molecule has 0 spiro atoms. The van der Waals surface area contributed by atoms with E-state index in [1.807, 2.05) is 18.2 Å². The van der Waals surface area contributed by atoms with Crippen LogP contribution in [0.1, 0.15) is 5.69 Å². The van der Waals surface area contributed by atoms with E-state index in [0.29, 0.717) is 11.3 Å². The molecule has 1 aromatic heterocycles. The zero-order valence-corrected chi connectivity index (χ0v) is 7.71. The van der Waals surface area contributed by atoms with Gasteiger partial charge in [-0.3, -0.25) is 0 Å². The molecule has 3 nitrogen and oxygen atoms in total. The monoisotopic (exact) mass is 227 g/mol. The van der Waals surface area contributed by atoms with Crippen LogP contribution in [0.5, 0.6) is 0 Å². The average molecular weight is 228 g/mol. The fraction of sp³-hybridized carbons (Fsp3) is 0.125. The highest BCUT2D eigenvalue weighted by atomic mass is 79.9. The molecule has 0 saturated heterocycles. The molecule has 1 aromatic carbocycles. The van der Waals surface area contributed by atoms with E-state index in [9.17, 15) is 0 Å². The molecule has 0 atom stereocenters. The molecule has 0 amide bonds. The van der Waals surface area contributed by atoms with Crippen molar-refractivity contribution in [2.75, 3.05) is 0 Å². The lowest BCUT2D eigenvalue weighted by Crippen LogP contribution is -1.82. The number of fused-ring (bicyclic) bond motifs is 1. The van der Waals surface area contributed by atoms with Gasteiger partial charge in [0.15, 0.2) is 5.58 Å². The van der Waals surface area contributed by atoms with Gasteiger partial charge < -0.3 is 9.63 Å². The van der Waals surface area contributed by atoms with Gasteiger partial charge in [-0.15, -0.1) is 0 Å². The molecular weight excluding hydrogens is 222 g/mol. The smallest absolute Gasteiger partial charge is 0.168 e. The summed E-state index contributed by atoms with van der Waals surface area (Å²) < 4.78 is 5.87. The van der Waals surface area contributed by atoms with Gasteiger partial charge in [-0.25, -0.2) is 0 Å². The molecule has 12 heavy (non-hydrogen) atoms. The van der Waals surface area contributed by atoms with E-state index < -0.39 is 0 Å². The lowest BCUT2D eigenvalue weighted by molar-refractivity contribution is 0.269. The Balaban J connectivity index is 2.83. The molecule has 4 heteroatoms. The number of aliphatic hydroxyl groups excluding tert-OH is 1. The van der Waals surface area contributed by atoms with Gasteiger partial charge in [-0.05, 0) is 28.1 Å². The summed E-state index contributed by atoms with van der Waals surface area (Å²) in [6.07, 6.45) is 0. The van der Waals surface area contributed by atoms with Crippen LogP contribution in [0.3, 0.4) is 0 Å². The number of rotatable bonds is 1. The summed E-state index contributed by atoms with van der Waals surface area (Å²) >= 11 is 3.36. The Hall–Kier alpha value is -0.870. The van der Waals surface area contributed by atoms with E-state index >= 15 is 0 Å². The second-order valence-corrected chi connectivity index (χ2v) is 3.25. The van der Waals surface area contributed by atoms with Gasteiger partial charge in [-0.2, -0.15) is 0 Å². The van der Waals surface area contributed by atoms with E-state index in [1.54, 1.807) is 0 Å². The quantitative estimate of drug-likeness (QED) is 0.812. The van der Waals surface area contributed by atoms with Gasteiger partial charge in [0.05, 0.1) is 12.0 Å². The first-order chi connectivity index (χ1) is 5.83.